The third-order valence-corrected chi connectivity index (χ3v) is 7.17. The monoisotopic (exact) mass is 530 g/mol. The molecule has 0 bridgehead atoms. The van der Waals surface area contributed by atoms with Crippen LogP contribution in [0.3, 0.4) is 0 Å². The van der Waals surface area contributed by atoms with Crippen molar-refractivity contribution >= 4 is 10.8 Å². The molecule has 1 aliphatic rings. The Morgan fingerprint density at radius 2 is 1.49 bits per heavy atom. The molecule has 0 aliphatic heterocycles. The van der Waals surface area contributed by atoms with Crippen molar-refractivity contribution in [2.45, 2.75) is 64.4 Å². The van der Waals surface area contributed by atoms with Crippen LogP contribution in [0, 0.1) is 46.7 Å². The lowest BCUT2D eigenvalue weighted by atomic mass is 9.79. The molecule has 4 rings (SSSR count). The molecule has 0 atom stereocenters. The molecule has 0 unspecified atom stereocenters. The third kappa shape index (κ3) is 5.55. The number of hydrogen-bond donors (Lipinski definition) is 0. The summed E-state index contributed by atoms with van der Waals surface area (Å²) < 4.78 is 120. The van der Waals surface area contributed by atoms with Gasteiger partial charge in [0, 0.05) is 5.56 Å². The molecule has 0 heterocycles. The number of hydrogen-bond acceptors (Lipinski definition) is 1. The van der Waals surface area contributed by atoms with Gasteiger partial charge >= 0.3 is 6.11 Å². The highest BCUT2D eigenvalue weighted by atomic mass is 19.3. The van der Waals surface area contributed by atoms with Crippen LogP contribution in [0.4, 0.5) is 35.1 Å². The van der Waals surface area contributed by atoms with E-state index in [0.29, 0.717) is 30.9 Å². The number of halogens is 8. The molecular formula is C28H26F8O. The number of ether oxygens (including phenoxy) is 1. The number of benzene rings is 3. The van der Waals surface area contributed by atoms with Crippen molar-refractivity contribution in [3.63, 3.8) is 0 Å². The van der Waals surface area contributed by atoms with Crippen molar-refractivity contribution in [1.29, 1.82) is 0 Å². The minimum atomic E-state index is -3.72. The van der Waals surface area contributed by atoms with Gasteiger partial charge in [0.1, 0.15) is 5.82 Å². The van der Waals surface area contributed by atoms with E-state index >= 15 is 0 Å². The lowest BCUT2D eigenvalue weighted by molar-refractivity contribution is -0.224. The molecule has 0 aromatic heterocycles. The molecular weight excluding hydrogens is 504 g/mol. The highest BCUT2D eigenvalue weighted by molar-refractivity contribution is 5.88. The van der Waals surface area contributed by atoms with Gasteiger partial charge in [-0.1, -0.05) is 32.6 Å². The van der Waals surface area contributed by atoms with E-state index in [9.17, 15) is 35.1 Å². The maximum absolute atomic E-state index is 14.9. The first-order chi connectivity index (χ1) is 17.5. The summed E-state index contributed by atoms with van der Waals surface area (Å²) in [7, 11) is 0. The zero-order valence-electron chi connectivity index (χ0n) is 20.1. The minimum absolute atomic E-state index is 0.204. The topological polar surface area (TPSA) is 9.23 Å². The van der Waals surface area contributed by atoms with Crippen LogP contribution in [0.5, 0.6) is 5.75 Å². The zero-order chi connectivity index (χ0) is 26.9. The summed E-state index contributed by atoms with van der Waals surface area (Å²) in [5.41, 5.74) is -0.877. The van der Waals surface area contributed by atoms with E-state index in [-0.39, 0.29) is 18.4 Å². The van der Waals surface area contributed by atoms with Crippen molar-refractivity contribution in [2.75, 3.05) is 0 Å². The second kappa shape index (κ2) is 10.9. The van der Waals surface area contributed by atoms with Crippen LogP contribution in [-0.2, 0) is 0 Å². The van der Waals surface area contributed by atoms with Gasteiger partial charge in [-0.05, 0) is 72.9 Å². The summed E-state index contributed by atoms with van der Waals surface area (Å²) in [5, 5.41) is -1.29. The van der Waals surface area contributed by atoms with Crippen LogP contribution in [-0.4, -0.2) is 6.11 Å². The lowest BCUT2D eigenvalue weighted by Crippen LogP contribution is -2.37. The molecule has 0 spiro atoms. The Balaban J connectivity index is 1.54. The quantitative estimate of drug-likeness (QED) is 0.160. The summed E-state index contributed by atoms with van der Waals surface area (Å²) in [6, 6.07) is 3.78. The van der Waals surface area contributed by atoms with Crippen molar-refractivity contribution in [2.24, 2.45) is 11.8 Å². The third-order valence-electron chi connectivity index (χ3n) is 7.17. The summed E-state index contributed by atoms with van der Waals surface area (Å²) in [6.45, 7) is 2.09. The number of fused-ring (bicyclic) bond motifs is 1. The summed E-state index contributed by atoms with van der Waals surface area (Å²) >= 11 is 0. The van der Waals surface area contributed by atoms with Gasteiger partial charge in [-0.2, -0.15) is 13.2 Å². The smallest absolute Gasteiger partial charge is 0.400 e. The van der Waals surface area contributed by atoms with Gasteiger partial charge in [0.05, 0.1) is 11.3 Å². The van der Waals surface area contributed by atoms with Crippen LogP contribution in [0.2, 0.25) is 0 Å². The Bertz CT molecular complexity index is 1280. The predicted octanol–water partition coefficient (Wildman–Crippen LogP) is 9.70. The molecule has 9 heteroatoms. The molecule has 1 fully saturated rings. The van der Waals surface area contributed by atoms with E-state index in [1.54, 1.807) is 0 Å². The van der Waals surface area contributed by atoms with Crippen LogP contribution >= 0.6 is 0 Å². The van der Waals surface area contributed by atoms with Gasteiger partial charge in [-0.25, -0.2) is 22.0 Å². The molecule has 0 amide bonds. The highest BCUT2D eigenvalue weighted by Crippen LogP contribution is 2.43. The normalized spacial score (nSPS) is 18.4. The van der Waals surface area contributed by atoms with Gasteiger partial charge < -0.3 is 4.74 Å². The fourth-order valence-electron chi connectivity index (χ4n) is 5.08. The van der Waals surface area contributed by atoms with Crippen LogP contribution in [0.15, 0.2) is 30.3 Å². The maximum Gasteiger partial charge on any atom is 0.400 e. The first-order valence-corrected chi connectivity index (χ1v) is 12.3. The molecule has 3 aromatic carbocycles. The van der Waals surface area contributed by atoms with Crippen molar-refractivity contribution in [1.82, 2.24) is 0 Å². The first kappa shape index (κ1) is 27.2. The molecule has 1 nitrogen and oxygen atoms in total. The Morgan fingerprint density at radius 1 is 0.784 bits per heavy atom. The Labute approximate surface area is 209 Å². The predicted molar refractivity (Wildman–Crippen MR) is 124 cm³/mol. The Kier molecular flexibility index (Phi) is 7.99. The maximum atomic E-state index is 14.9. The molecule has 1 aliphatic carbocycles. The fraction of sp³-hybridized carbons (Fsp3) is 0.429. The average Bonchev–Trinajstić information content (AvgIpc) is 2.85. The molecule has 0 radical (unpaired) electrons. The van der Waals surface area contributed by atoms with E-state index in [1.165, 1.54) is 0 Å². The molecule has 0 N–H and O–H groups in total. The van der Waals surface area contributed by atoms with Gasteiger partial charge in [0.25, 0.3) is 0 Å². The highest BCUT2D eigenvalue weighted by Gasteiger charge is 2.44. The van der Waals surface area contributed by atoms with Crippen LogP contribution in [0.1, 0.15) is 58.3 Å². The fourth-order valence-corrected chi connectivity index (χ4v) is 5.08. The summed E-state index contributed by atoms with van der Waals surface area (Å²) in [6.07, 6.45) is 2.12. The molecule has 0 saturated heterocycles. The van der Waals surface area contributed by atoms with Crippen molar-refractivity contribution in [3.05, 3.63) is 65.2 Å². The van der Waals surface area contributed by atoms with Gasteiger partial charge in [-0.3, -0.25) is 0 Å². The number of alkyl halides is 2. The van der Waals surface area contributed by atoms with Gasteiger partial charge in [0.2, 0.25) is 5.82 Å². The molecule has 3 aromatic rings. The minimum Gasteiger partial charge on any atom is -0.429 e. The van der Waals surface area contributed by atoms with E-state index < -0.39 is 69.0 Å². The second-order valence-corrected chi connectivity index (χ2v) is 9.66. The van der Waals surface area contributed by atoms with Gasteiger partial charge in [0.15, 0.2) is 29.0 Å². The summed E-state index contributed by atoms with van der Waals surface area (Å²) in [4.78, 5) is 0. The van der Waals surface area contributed by atoms with Crippen molar-refractivity contribution < 1.29 is 39.9 Å². The van der Waals surface area contributed by atoms with Crippen LogP contribution in [0.25, 0.3) is 21.9 Å². The molecule has 37 heavy (non-hydrogen) atoms. The SMILES string of the molecule is CCCCCC1CCC(C(F)(F)Oc2ccc(-c3cc(F)c4c(F)c(F)c(F)cc4c3)c(F)c2F)CC1. The van der Waals surface area contributed by atoms with Crippen molar-refractivity contribution in [3.8, 4) is 16.9 Å². The molecule has 200 valence electrons. The largest absolute Gasteiger partial charge is 0.429 e. The van der Waals surface area contributed by atoms with E-state index in [0.717, 1.165) is 43.9 Å². The van der Waals surface area contributed by atoms with Gasteiger partial charge in [-0.15, -0.1) is 0 Å². The molecule has 1 saturated carbocycles. The van der Waals surface area contributed by atoms with E-state index in [2.05, 4.69) is 11.7 Å². The number of rotatable bonds is 8. The van der Waals surface area contributed by atoms with Crippen LogP contribution < -0.4 is 4.74 Å². The second-order valence-electron chi connectivity index (χ2n) is 9.66. The Hall–Kier alpha value is -2.84. The zero-order valence-corrected chi connectivity index (χ0v) is 20.1. The lowest BCUT2D eigenvalue weighted by Gasteiger charge is -2.33. The average molecular weight is 530 g/mol. The summed E-state index contributed by atoms with van der Waals surface area (Å²) in [5.74, 6) is -11.6. The van der Waals surface area contributed by atoms with E-state index in [1.807, 2.05) is 0 Å². The number of unbranched alkanes of at least 4 members (excludes halogenated alkanes) is 2. The Morgan fingerprint density at radius 3 is 2.16 bits per heavy atom. The first-order valence-electron chi connectivity index (χ1n) is 12.3. The van der Waals surface area contributed by atoms with E-state index in [4.69, 9.17) is 0 Å². The standard InChI is InChI=1S/C28H26F8O/c1-2-3-4-5-15-6-8-18(9-7-15)28(35,36)37-22-11-10-19(24(31)26(22)33)16-12-17-14-21(30)25(32)27(34)23(17)20(29)13-16/h10-15,18H,2-9H2,1H3.